The minimum atomic E-state index is -0.765. The van der Waals surface area contributed by atoms with Crippen molar-refractivity contribution in [2.75, 3.05) is 6.61 Å². The average Bonchev–Trinajstić information content (AvgIpc) is 2.44. The van der Waals surface area contributed by atoms with Gasteiger partial charge in [-0.15, -0.1) is 0 Å². The Bertz CT molecular complexity index is 449. The van der Waals surface area contributed by atoms with Crippen LogP contribution < -0.4 is 0 Å². The molecule has 0 saturated carbocycles. The minimum Gasteiger partial charge on any atom is -0.416 e. The second-order valence-corrected chi connectivity index (χ2v) is 9.12. The summed E-state index contributed by atoms with van der Waals surface area (Å²) in [5.41, 5.74) is 0.804. The van der Waals surface area contributed by atoms with Gasteiger partial charge in [-0.3, -0.25) is 4.98 Å². The van der Waals surface area contributed by atoms with Gasteiger partial charge in [0.05, 0.1) is 11.8 Å². The van der Waals surface area contributed by atoms with Crippen LogP contribution in [0.4, 0.5) is 0 Å². The van der Waals surface area contributed by atoms with Crippen LogP contribution >= 0.6 is 11.6 Å². The molecule has 0 aromatic carbocycles. The largest absolute Gasteiger partial charge is 0.416 e. The van der Waals surface area contributed by atoms with Crippen LogP contribution in [-0.4, -0.2) is 32.6 Å². The molecule has 0 fully saturated rings. The predicted octanol–water partition coefficient (Wildman–Crippen LogP) is 3.37. The molecule has 0 saturated heterocycles. The van der Waals surface area contributed by atoms with Gasteiger partial charge in [-0.2, -0.15) is 0 Å². The van der Waals surface area contributed by atoms with Gasteiger partial charge in [0.1, 0.15) is 0 Å². The van der Waals surface area contributed by atoms with Gasteiger partial charge in [-0.1, -0.05) is 45.4 Å². The lowest BCUT2D eigenvalue weighted by atomic mass is 9.99. The van der Waals surface area contributed by atoms with Crippen molar-refractivity contribution < 1.29 is 9.53 Å². The Morgan fingerprint density at radius 1 is 1.48 bits per heavy atom. The van der Waals surface area contributed by atoms with Crippen molar-refractivity contribution in [3.05, 3.63) is 35.1 Å². The summed E-state index contributed by atoms with van der Waals surface area (Å²) in [5.74, 6) is 0.567. The Kier molecular flexibility index (Phi) is 7.60. The molecule has 1 aromatic rings. The van der Waals surface area contributed by atoms with Crippen molar-refractivity contribution in [3.8, 4) is 0 Å². The highest BCUT2D eigenvalue weighted by Crippen LogP contribution is 2.34. The average molecular weight is 328 g/mol. The summed E-state index contributed by atoms with van der Waals surface area (Å²) in [6.07, 6.45) is 3.83. The summed E-state index contributed by atoms with van der Waals surface area (Å²) < 4.78 is 6.09. The molecule has 0 aliphatic carbocycles. The highest BCUT2D eigenvalue weighted by atomic mass is 35.5. The maximum atomic E-state index is 9.22. The molecule has 0 aliphatic heterocycles. The highest BCUT2D eigenvalue weighted by Gasteiger charge is 2.26. The fourth-order valence-corrected chi connectivity index (χ4v) is 3.30. The van der Waals surface area contributed by atoms with Crippen LogP contribution in [-0.2, 0) is 4.43 Å². The molecule has 0 unspecified atom stereocenters. The molecule has 5 heteroatoms. The number of pyridine rings is 1. The van der Waals surface area contributed by atoms with Crippen LogP contribution in [0.25, 0.3) is 6.08 Å². The topological polar surface area (TPSA) is 42.4 Å². The Morgan fingerprint density at radius 2 is 2.19 bits per heavy atom. The number of halogens is 1. The molecule has 21 heavy (non-hydrogen) atoms. The normalized spacial score (nSPS) is 15.1. The first-order chi connectivity index (χ1) is 9.86. The lowest BCUT2D eigenvalue weighted by Gasteiger charge is -2.30. The quantitative estimate of drug-likeness (QED) is 0.744. The molecule has 1 heterocycles. The molecule has 1 rings (SSSR count). The molecule has 118 valence electrons. The lowest BCUT2D eigenvalue weighted by Crippen LogP contribution is -2.27. The third kappa shape index (κ3) is 6.30. The summed E-state index contributed by atoms with van der Waals surface area (Å²) in [5, 5.41) is 10.0. The van der Waals surface area contributed by atoms with E-state index in [9.17, 15) is 5.11 Å². The Morgan fingerprint density at radius 3 is 2.71 bits per heavy atom. The monoisotopic (exact) mass is 327 g/mol. The van der Waals surface area contributed by atoms with E-state index < -0.39 is 9.76 Å². The molecule has 0 amide bonds. The number of aliphatic hydroxyl groups excluding tert-OH is 1. The van der Waals surface area contributed by atoms with Crippen molar-refractivity contribution in [2.24, 2.45) is 5.92 Å². The standard InChI is InChI=1S/C16H26ClNO2Si/c1-12(2)16(3,4)21-20-15(8-10-19)14(17)11-13-7-5-6-9-18-13/h5-7,9,11-12,15,19H,8,10,21H2,1-4H3/t15-/m0/s1. The van der Waals surface area contributed by atoms with Crippen molar-refractivity contribution >= 4 is 27.4 Å². The first-order valence-electron chi connectivity index (χ1n) is 7.37. The highest BCUT2D eigenvalue weighted by molar-refractivity contribution is 6.34. The van der Waals surface area contributed by atoms with Gasteiger partial charge in [0, 0.05) is 24.3 Å². The number of hydrogen-bond acceptors (Lipinski definition) is 3. The van der Waals surface area contributed by atoms with Crippen molar-refractivity contribution in [2.45, 2.75) is 45.3 Å². The fourth-order valence-electron chi connectivity index (χ4n) is 1.60. The molecular weight excluding hydrogens is 302 g/mol. The van der Waals surface area contributed by atoms with E-state index in [2.05, 4.69) is 32.7 Å². The van der Waals surface area contributed by atoms with E-state index in [-0.39, 0.29) is 17.7 Å². The van der Waals surface area contributed by atoms with Gasteiger partial charge in [0.25, 0.3) is 0 Å². The Balaban J connectivity index is 2.75. The zero-order valence-corrected chi connectivity index (χ0v) is 15.5. The van der Waals surface area contributed by atoms with Gasteiger partial charge in [-0.25, -0.2) is 0 Å². The summed E-state index contributed by atoms with van der Waals surface area (Å²) in [7, 11) is -0.765. The molecule has 0 spiro atoms. The van der Waals surface area contributed by atoms with Crippen LogP contribution in [0.1, 0.15) is 39.8 Å². The van der Waals surface area contributed by atoms with Crippen LogP contribution in [0.5, 0.6) is 0 Å². The fraction of sp³-hybridized carbons (Fsp3) is 0.562. The van der Waals surface area contributed by atoms with Gasteiger partial charge in [0.2, 0.25) is 0 Å². The van der Waals surface area contributed by atoms with Crippen LogP contribution in [0.2, 0.25) is 5.04 Å². The van der Waals surface area contributed by atoms with E-state index in [1.165, 1.54) is 0 Å². The molecule has 1 N–H and O–H groups in total. The summed E-state index contributed by atoms with van der Waals surface area (Å²) in [6.45, 7) is 8.95. The van der Waals surface area contributed by atoms with E-state index in [4.69, 9.17) is 16.0 Å². The van der Waals surface area contributed by atoms with Gasteiger partial charge in [-0.05, 0) is 29.2 Å². The van der Waals surface area contributed by atoms with E-state index in [1.807, 2.05) is 24.3 Å². The van der Waals surface area contributed by atoms with Crippen molar-refractivity contribution in [1.82, 2.24) is 4.98 Å². The smallest absolute Gasteiger partial charge is 0.168 e. The van der Waals surface area contributed by atoms with Gasteiger partial charge in [0.15, 0.2) is 9.76 Å². The minimum absolute atomic E-state index is 0.0629. The molecule has 1 aromatic heterocycles. The van der Waals surface area contributed by atoms with E-state index in [0.29, 0.717) is 17.4 Å². The third-order valence-corrected chi connectivity index (χ3v) is 6.37. The van der Waals surface area contributed by atoms with Crippen molar-refractivity contribution in [1.29, 1.82) is 0 Å². The van der Waals surface area contributed by atoms with E-state index >= 15 is 0 Å². The zero-order valence-electron chi connectivity index (χ0n) is 13.3. The molecule has 0 radical (unpaired) electrons. The second kappa shape index (κ2) is 8.69. The first kappa shape index (κ1) is 18.4. The summed E-state index contributed by atoms with van der Waals surface area (Å²) in [6, 6.07) is 5.68. The maximum Gasteiger partial charge on any atom is 0.168 e. The summed E-state index contributed by atoms with van der Waals surface area (Å²) in [4.78, 5) is 4.23. The van der Waals surface area contributed by atoms with Gasteiger partial charge >= 0.3 is 0 Å². The first-order valence-corrected chi connectivity index (χ1v) is 9.03. The van der Waals surface area contributed by atoms with Crippen LogP contribution in [0, 0.1) is 5.92 Å². The number of nitrogens with zero attached hydrogens (tertiary/aromatic N) is 1. The number of aromatic nitrogens is 1. The third-order valence-electron chi connectivity index (χ3n) is 3.89. The molecule has 3 nitrogen and oxygen atoms in total. The SMILES string of the molecule is CC(C)C(C)(C)[SiH2]O[C@@H](CCO)C(Cl)=Cc1ccccn1. The molecule has 1 atom stereocenters. The number of hydrogen-bond donors (Lipinski definition) is 1. The second-order valence-electron chi connectivity index (χ2n) is 6.24. The predicted molar refractivity (Wildman–Crippen MR) is 92.1 cm³/mol. The molecule has 0 bridgehead atoms. The summed E-state index contributed by atoms with van der Waals surface area (Å²) >= 11 is 6.38. The van der Waals surface area contributed by atoms with Crippen LogP contribution in [0.3, 0.4) is 0 Å². The van der Waals surface area contributed by atoms with Gasteiger partial charge < -0.3 is 9.53 Å². The number of rotatable bonds is 8. The maximum absolute atomic E-state index is 9.22. The zero-order chi connectivity index (χ0) is 15.9. The molecular formula is C16H26ClNO2Si. The Labute approximate surface area is 135 Å². The number of aliphatic hydroxyl groups is 1. The molecule has 0 aliphatic rings. The Hall–Kier alpha value is -0.683. The van der Waals surface area contributed by atoms with E-state index in [0.717, 1.165) is 5.69 Å². The van der Waals surface area contributed by atoms with Crippen molar-refractivity contribution in [3.63, 3.8) is 0 Å². The van der Waals surface area contributed by atoms with E-state index in [1.54, 1.807) is 6.20 Å². The van der Waals surface area contributed by atoms with Crippen LogP contribution in [0.15, 0.2) is 29.4 Å². The lowest BCUT2D eigenvalue weighted by molar-refractivity contribution is 0.183.